The van der Waals surface area contributed by atoms with E-state index in [9.17, 15) is 9.18 Å². The second-order valence-corrected chi connectivity index (χ2v) is 7.44. The van der Waals surface area contributed by atoms with Crippen LogP contribution in [0.25, 0.3) is 0 Å². The van der Waals surface area contributed by atoms with Crippen molar-refractivity contribution in [2.75, 3.05) is 13.2 Å². The van der Waals surface area contributed by atoms with Crippen LogP contribution < -0.4 is 10.1 Å². The molecule has 0 unspecified atom stereocenters. The molecule has 5 heteroatoms. The highest BCUT2D eigenvalue weighted by molar-refractivity contribution is 5.76. The fraction of sp³-hybridized carbons (Fsp3) is 0.435. The number of likely N-dealkylation sites (tertiary alicyclic amines) is 1. The average molecular weight is 384 g/mol. The van der Waals surface area contributed by atoms with Gasteiger partial charge in [-0.25, -0.2) is 4.39 Å². The molecule has 1 atom stereocenters. The van der Waals surface area contributed by atoms with Crippen molar-refractivity contribution in [2.24, 2.45) is 0 Å². The lowest BCUT2D eigenvalue weighted by Gasteiger charge is -2.33. The van der Waals surface area contributed by atoms with E-state index in [1.165, 1.54) is 37.4 Å². The molecule has 1 amide bonds. The number of halogens is 1. The first-order valence-corrected chi connectivity index (χ1v) is 10.1. The third-order valence-corrected chi connectivity index (χ3v) is 5.26. The molecule has 1 heterocycles. The van der Waals surface area contributed by atoms with Gasteiger partial charge in [0.2, 0.25) is 5.91 Å². The molecule has 0 saturated carbocycles. The maximum Gasteiger partial charge on any atom is 0.223 e. The van der Waals surface area contributed by atoms with Crippen LogP contribution >= 0.6 is 0 Å². The summed E-state index contributed by atoms with van der Waals surface area (Å²) in [7, 11) is 0. The van der Waals surface area contributed by atoms with E-state index < -0.39 is 5.82 Å². The molecule has 1 fully saturated rings. The number of amides is 1. The minimum atomic E-state index is -0.415. The van der Waals surface area contributed by atoms with Gasteiger partial charge in [0.1, 0.15) is 0 Å². The monoisotopic (exact) mass is 384 g/mol. The molecule has 0 bridgehead atoms. The van der Waals surface area contributed by atoms with Gasteiger partial charge in [-0.05, 0) is 49.6 Å². The van der Waals surface area contributed by atoms with Crippen LogP contribution in [0.4, 0.5) is 4.39 Å². The molecular weight excluding hydrogens is 355 g/mol. The van der Waals surface area contributed by atoms with Crippen LogP contribution in [-0.2, 0) is 17.9 Å². The van der Waals surface area contributed by atoms with Crippen molar-refractivity contribution in [3.05, 3.63) is 65.5 Å². The summed E-state index contributed by atoms with van der Waals surface area (Å²) in [6.45, 7) is 5.10. The zero-order valence-electron chi connectivity index (χ0n) is 16.5. The fourth-order valence-electron chi connectivity index (χ4n) is 3.49. The van der Waals surface area contributed by atoms with Crippen LogP contribution in [0.2, 0.25) is 0 Å². The van der Waals surface area contributed by atoms with E-state index in [0.717, 1.165) is 12.1 Å². The summed E-state index contributed by atoms with van der Waals surface area (Å²) in [6.07, 6.45) is 4.10. The molecule has 1 aliphatic heterocycles. The van der Waals surface area contributed by atoms with E-state index in [1.54, 1.807) is 18.2 Å². The molecule has 1 N–H and O–H groups in total. The summed E-state index contributed by atoms with van der Waals surface area (Å²) in [5, 5.41) is 2.88. The Morgan fingerprint density at radius 1 is 1.14 bits per heavy atom. The highest BCUT2D eigenvalue weighted by atomic mass is 19.1. The number of benzene rings is 2. The van der Waals surface area contributed by atoms with Crippen molar-refractivity contribution in [3.8, 4) is 5.75 Å². The Morgan fingerprint density at radius 3 is 2.64 bits per heavy atom. The predicted octanol–water partition coefficient (Wildman–Crippen LogP) is 4.29. The third kappa shape index (κ3) is 6.06. The number of ether oxygens (including phenoxy) is 1. The minimum Gasteiger partial charge on any atom is -0.490 e. The molecule has 0 spiro atoms. The standard InChI is InChI=1S/C23H29FN2O2/c1-18-6-4-5-14-26(18)17-20-11-9-19(10-12-20)16-25-23(27)13-15-28-22-8-3-2-7-21(22)24/h2-3,7-12,18H,4-6,13-17H2,1H3,(H,25,27)/t18-/m0/s1. The van der Waals surface area contributed by atoms with Crippen molar-refractivity contribution < 1.29 is 13.9 Å². The van der Waals surface area contributed by atoms with Crippen LogP contribution in [0.5, 0.6) is 5.75 Å². The third-order valence-electron chi connectivity index (χ3n) is 5.26. The van der Waals surface area contributed by atoms with E-state index in [-0.39, 0.29) is 24.7 Å². The molecule has 4 nitrogen and oxygen atoms in total. The van der Waals surface area contributed by atoms with Gasteiger partial charge in [-0.2, -0.15) is 0 Å². The largest absolute Gasteiger partial charge is 0.490 e. The van der Waals surface area contributed by atoms with Gasteiger partial charge < -0.3 is 10.1 Å². The van der Waals surface area contributed by atoms with E-state index in [4.69, 9.17) is 4.74 Å². The highest BCUT2D eigenvalue weighted by Crippen LogP contribution is 2.19. The number of nitrogens with one attached hydrogen (secondary N) is 1. The van der Waals surface area contributed by atoms with Crippen LogP contribution in [0.1, 0.15) is 43.7 Å². The Bertz CT molecular complexity index is 763. The van der Waals surface area contributed by atoms with Crippen molar-refractivity contribution in [3.63, 3.8) is 0 Å². The highest BCUT2D eigenvalue weighted by Gasteiger charge is 2.17. The van der Waals surface area contributed by atoms with Gasteiger partial charge in [0.25, 0.3) is 0 Å². The summed E-state index contributed by atoms with van der Waals surface area (Å²) >= 11 is 0. The maximum atomic E-state index is 13.5. The summed E-state index contributed by atoms with van der Waals surface area (Å²) in [5.74, 6) is -0.349. The molecule has 1 aliphatic rings. The van der Waals surface area contributed by atoms with Crippen molar-refractivity contribution in [2.45, 2.75) is 51.7 Å². The molecule has 0 radical (unpaired) electrons. The quantitative estimate of drug-likeness (QED) is 0.738. The van der Waals surface area contributed by atoms with Crippen LogP contribution in [0.3, 0.4) is 0 Å². The summed E-state index contributed by atoms with van der Waals surface area (Å²) in [6, 6.07) is 15.3. The van der Waals surface area contributed by atoms with Gasteiger partial charge in [-0.1, -0.05) is 42.8 Å². The van der Waals surface area contributed by atoms with Crippen molar-refractivity contribution in [1.82, 2.24) is 10.2 Å². The Morgan fingerprint density at radius 2 is 1.89 bits per heavy atom. The van der Waals surface area contributed by atoms with Crippen LogP contribution in [0, 0.1) is 5.82 Å². The molecule has 3 rings (SSSR count). The lowest BCUT2D eigenvalue weighted by atomic mass is 10.0. The number of carbonyl (C=O) groups excluding carboxylic acids is 1. The topological polar surface area (TPSA) is 41.6 Å². The minimum absolute atomic E-state index is 0.109. The lowest BCUT2D eigenvalue weighted by Crippen LogP contribution is -2.36. The molecular formula is C23H29FN2O2. The van der Waals surface area contributed by atoms with Gasteiger partial charge in [0.05, 0.1) is 13.0 Å². The van der Waals surface area contributed by atoms with Crippen molar-refractivity contribution in [1.29, 1.82) is 0 Å². The van der Waals surface area contributed by atoms with E-state index in [0.29, 0.717) is 12.6 Å². The fourth-order valence-corrected chi connectivity index (χ4v) is 3.49. The smallest absolute Gasteiger partial charge is 0.223 e. The second-order valence-electron chi connectivity index (χ2n) is 7.44. The number of piperidine rings is 1. The molecule has 0 aromatic heterocycles. The number of para-hydroxylation sites is 1. The summed E-state index contributed by atoms with van der Waals surface area (Å²) in [4.78, 5) is 14.5. The van der Waals surface area contributed by atoms with Crippen molar-refractivity contribution >= 4 is 5.91 Å². The number of nitrogens with zero attached hydrogens (tertiary/aromatic N) is 1. The van der Waals surface area contributed by atoms with Crippen LogP contribution in [0.15, 0.2) is 48.5 Å². The summed E-state index contributed by atoms with van der Waals surface area (Å²) in [5.41, 5.74) is 2.38. The van der Waals surface area contributed by atoms with E-state index >= 15 is 0 Å². The van der Waals surface area contributed by atoms with Gasteiger partial charge in [-0.15, -0.1) is 0 Å². The maximum absolute atomic E-state index is 13.5. The number of rotatable bonds is 8. The molecule has 28 heavy (non-hydrogen) atoms. The molecule has 150 valence electrons. The number of hydrogen-bond donors (Lipinski definition) is 1. The van der Waals surface area contributed by atoms with Gasteiger partial charge in [0.15, 0.2) is 11.6 Å². The predicted molar refractivity (Wildman–Crippen MR) is 109 cm³/mol. The molecule has 1 saturated heterocycles. The molecule has 2 aromatic carbocycles. The van der Waals surface area contributed by atoms with Crippen LogP contribution in [-0.4, -0.2) is 30.0 Å². The normalized spacial score (nSPS) is 17.3. The molecule has 0 aliphatic carbocycles. The Hall–Kier alpha value is -2.40. The second kappa shape index (κ2) is 10.2. The van der Waals surface area contributed by atoms with Gasteiger partial charge >= 0.3 is 0 Å². The Labute approximate surface area is 166 Å². The summed E-state index contributed by atoms with van der Waals surface area (Å²) < 4.78 is 18.8. The lowest BCUT2D eigenvalue weighted by molar-refractivity contribution is -0.121. The zero-order valence-corrected chi connectivity index (χ0v) is 16.5. The Kier molecular flexibility index (Phi) is 7.43. The zero-order chi connectivity index (χ0) is 19.8. The Balaban J connectivity index is 1.38. The molecule has 2 aromatic rings. The SMILES string of the molecule is C[C@H]1CCCCN1Cc1ccc(CNC(=O)CCOc2ccccc2F)cc1. The van der Waals surface area contributed by atoms with E-state index in [1.807, 2.05) is 0 Å². The first-order chi connectivity index (χ1) is 13.6. The number of hydrogen-bond acceptors (Lipinski definition) is 3. The van der Waals surface area contributed by atoms with E-state index in [2.05, 4.69) is 41.4 Å². The first kappa shape index (κ1) is 20.3. The van der Waals surface area contributed by atoms with Gasteiger partial charge in [-0.3, -0.25) is 9.69 Å². The first-order valence-electron chi connectivity index (χ1n) is 10.1. The van der Waals surface area contributed by atoms with Gasteiger partial charge in [0, 0.05) is 19.1 Å². The number of carbonyl (C=O) groups is 1. The average Bonchev–Trinajstić information content (AvgIpc) is 2.71.